The van der Waals surface area contributed by atoms with Crippen LogP contribution in [0.1, 0.15) is 6.92 Å². The van der Waals surface area contributed by atoms with Gasteiger partial charge in [0.05, 0.1) is 12.0 Å². The van der Waals surface area contributed by atoms with Gasteiger partial charge in [-0.15, -0.1) is 0 Å². The molecule has 0 aromatic carbocycles. The molecule has 21 heavy (non-hydrogen) atoms. The lowest BCUT2D eigenvalue weighted by atomic mass is 10.3. The van der Waals surface area contributed by atoms with Gasteiger partial charge in [0.2, 0.25) is 5.88 Å². The second-order valence-corrected chi connectivity index (χ2v) is 4.67. The van der Waals surface area contributed by atoms with E-state index in [1.165, 1.54) is 0 Å². The molecule has 0 aliphatic heterocycles. The van der Waals surface area contributed by atoms with Crippen molar-refractivity contribution in [2.45, 2.75) is 6.92 Å². The van der Waals surface area contributed by atoms with Crippen molar-refractivity contribution in [2.75, 3.05) is 31.7 Å². The van der Waals surface area contributed by atoms with Crippen LogP contribution >= 0.6 is 0 Å². The first kappa shape index (κ1) is 13.6. The third kappa shape index (κ3) is 2.62. The van der Waals surface area contributed by atoms with Gasteiger partial charge in [-0.2, -0.15) is 0 Å². The van der Waals surface area contributed by atoms with Crippen LogP contribution in [0.4, 0.5) is 5.82 Å². The average Bonchev–Trinajstić information content (AvgIpc) is 3.17. The van der Waals surface area contributed by atoms with Gasteiger partial charge in [0.1, 0.15) is 17.7 Å². The van der Waals surface area contributed by atoms with Crippen LogP contribution in [0.5, 0.6) is 0 Å². The molecular weight excluding hydrogens is 268 g/mol. The summed E-state index contributed by atoms with van der Waals surface area (Å²) in [6, 6.07) is 3.87. The van der Waals surface area contributed by atoms with Crippen LogP contribution in [0, 0.1) is 0 Å². The lowest BCUT2D eigenvalue weighted by molar-refractivity contribution is 0.205. The molecule has 3 heterocycles. The van der Waals surface area contributed by atoms with Crippen molar-refractivity contribution in [3.63, 3.8) is 0 Å². The molecule has 3 aromatic heterocycles. The minimum Gasteiger partial charge on any atom is -0.440 e. The highest BCUT2D eigenvalue weighted by Gasteiger charge is 2.14. The summed E-state index contributed by atoms with van der Waals surface area (Å²) in [5.41, 5.74) is 0.819. The molecule has 0 unspecified atom stereocenters. The highest BCUT2D eigenvalue weighted by Crippen LogP contribution is 2.29. The topological polar surface area (TPSA) is 56.3 Å². The summed E-state index contributed by atoms with van der Waals surface area (Å²) in [7, 11) is 1.71. The Morgan fingerprint density at radius 1 is 1.38 bits per heavy atom. The van der Waals surface area contributed by atoms with E-state index in [4.69, 9.17) is 9.15 Å². The number of hydrogen-bond donors (Lipinski definition) is 0. The van der Waals surface area contributed by atoms with Crippen molar-refractivity contribution >= 4 is 16.8 Å². The molecule has 0 aliphatic rings. The molecule has 0 radical (unpaired) electrons. The summed E-state index contributed by atoms with van der Waals surface area (Å²) < 4.78 is 12.9. The number of nitrogens with zero attached hydrogens (tertiary/aromatic N) is 4. The van der Waals surface area contributed by atoms with E-state index in [1.54, 1.807) is 25.8 Å². The van der Waals surface area contributed by atoms with Gasteiger partial charge in [-0.25, -0.2) is 9.97 Å². The summed E-state index contributed by atoms with van der Waals surface area (Å²) in [5, 5.41) is 0.999. The maximum Gasteiger partial charge on any atom is 0.206 e. The monoisotopic (exact) mass is 286 g/mol. The molecule has 0 saturated heterocycles. The Hall–Kier alpha value is -2.34. The van der Waals surface area contributed by atoms with E-state index in [0.29, 0.717) is 6.61 Å². The molecule has 0 bridgehead atoms. The van der Waals surface area contributed by atoms with Crippen LogP contribution in [0.25, 0.3) is 16.9 Å². The van der Waals surface area contributed by atoms with Gasteiger partial charge >= 0.3 is 0 Å². The number of hydrogen-bond acceptors (Lipinski definition) is 5. The second-order valence-electron chi connectivity index (χ2n) is 4.67. The molecule has 0 fully saturated rings. The van der Waals surface area contributed by atoms with Crippen molar-refractivity contribution in [1.82, 2.24) is 14.5 Å². The van der Waals surface area contributed by atoms with Crippen molar-refractivity contribution in [2.24, 2.45) is 0 Å². The van der Waals surface area contributed by atoms with Gasteiger partial charge in [-0.05, 0) is 13.0 Å². The Morgan fingerprint density at radius 3 is 3.00 bits per heavy atom. The fraction of sp³-hybridized carbons (Fsp3) is 0.333. The number of imidazole rings is 1. The SMILES string of the molecule is CCN(CCOC)c1nccc2oc(-n3ccnc3)cc12. The van der Waals surface area contributed by atoms with Crippen LogP contribution in [-0.2, 0) is 4.74 Å². The van der Waals surface area contributed by atoms with Crippen molar-refractivity contribution in [3.05, 3.63) is 37.1 Å². The smallest absolute Gasteiger partial charge is 0.206 e. The molecule has 0 amide bonds. The van der Waals surface area contributed by atoms with Crippen molar-refractivity contribution in [3.8, 4) is 5.88 Å². The highest BCUT2D eigenvalue weighted by molar-refractivity contribution is 5.90. The number of anilines is 1. The van der Waals surface area contributed by atoms with E-state index in [2.05, 4.69) is 21.8 Å². The summed E-state index contributed by atoms with van der Waals surface area (Å²) in [4.78, 5) is 10.7. The minimum absolute atomic E-state index is 0.665. The molecule has 0 aliphatic carbocycles. The summed E-state index contributed by atoms with van der Waals surface area (Å²) in [6.07, 6.45) is 7.07. The molecular formula is C15H18N4O2. The predicted molar refractivity (Wildman–Crippen MR) is 80.9 cm³/mol. The molecule has 3 aromatic rings. The van der Waals surface area contributed by atoms with Gasteiger partial charge < -0.3 is 14.1 Å². The van der Waals surface area contributed by atoms with E-state index < -0.39 is 0 Å². The third-order valence-electron chi connectivity index (χ3n) is 3.42. The summed E-state index contributed by atoms with van der Waals surface area (Å²) in [5.74, 6) is 1.65. The molecule has 110 valence electrons. The zero-order valence-electron chi connectivity index (χ0n) is 12.2. The zero-order chi connectivity index (χ0) is 14.7. The number of furan rings is 1. The molecule has 0 saturated carbocycles. The number of ether oxygens (including phenoxy) is 1. The lowest BCUT2D eigenvalue weighted by Gasteiger charge is -2.21. The Balaban J connectivity index is 2.02. The minimum atomic E-state index is 0.665. The normalized spacial score (nSPS) is 11.1. The Kier molecular flexibility index (Phi) is 3.87. The van der Waals surface area contributed by atoms with E-state index in [0.717, 1.165) is 35.8 Å². The summed E-state index contributed by atoms with van der Waals surface area (Å²) in [6.45, 7) is 4.43. The molecule has 3 rings (SSSR count). The third-order valence-corrected chi connectivity index (χ3v) is 3.42. The van der Waals surface area contributed by atoms with Crippen LogP contribution in [0.15, 0.2) is 41.5 Å². The number of likely N-dealkylation sites (N-methyl/N-ethyl adjacent to an activating group) is 1. The first-order valence-corrected chi connectivity index (χ1v) is 6.94. The van der Waals surface area contributed by atoms with Gasteiger partial charge in [0.15, 0.2) is 0 Å². The number of aromatic nitrogens is 3. The quantitative estimate of drug-likeness (QED) is 0.697. The molecule has 6 heteroatoms. The van der Waals surface area contributed by atoms with Gasteiger partial charge in [-0.1, -0.05) is 0 Å². The van der Waals surface area contributed by atoms with Gasteiger partial charge in [0.25, 0.3) is 0 Å². The number of rotatable bonds is 6. The molecule has 0 spiro atoms. The van der Waals surface area contributed by atoms with E-state index in [-0.39, 0.29) is 0 Å². The Labute approximate surface area is 123 Å². The van der Waals surface area contributed by atoms with E-state index in [9.17, 15) is 0 Å². The largest absolute Gasteiger partial charge is 0.440 e. The maximum atomic E-state index is 5.88. The van der Waals surface area contributed by atoms with Crippen LogP contribution < -0.4 is 4.90 Å². The van der Waals surface area contributed by atoms with Crippen LogP contribution in [0.2, 0.25) is 0 Å². The Bertz CT molecular complexity index is 706. The van der Waals surface area contributed by atoms with Crippen LogP contribution in [0.3, 0.4) is 0 Å². The Morgan fingerprint density at radius 2 is 2.29 bits per heavy atom. The zero-order valence-corrected chi connectivity index (χ0v) is 12.2. The second kappa shape index (κ2) is 5.97. The van der Waals surface area contributed by atoms with Crippen molar-refractivity contribution < 1.29 is 9.15 Å². The molecule has 6 nitrogen and oxygen atoms in total. The molecule has 0 atom stereocenters. The maximum absolute atomic E-state index is 5.88. The summed E-state index contributed by atoms with van der Waals surface area (Å²) >= 11 is 0. The number of methoxy groups -OCH3 is 1. The first-order valence-electron chi connectivity index (χ1n) is 6.94. The van der Waals surface area contributed by atoms with Gasteiger partial charge in [-0.3, -0.25) is 4.57 Å². The number of fused-ring (bicyclic) bond motifs is 1. The van der Waals surface area contributed by atoms with Crippen LogP contribution in [-0.4, -0.2) is 41.3 Å². The number of pyridine rings is 1. The fourth-order valence-electron chi connectivity index (χ4n) is 2.32. The van der Waals surface area contributed by atoms with Gasteiger partial charge in [0, 0.05) is 44.9 Å². The molecule has 0 N–H and O–H groups in total. The van der Waals surface area contributed by atoms with E-state index in [1.807, 2.05) is 22.9 Å². The standard InChI is InChI=1S/C15H18N4O2/c1-3-18(8-9-20-2)15-12-10-14(19-7-6-16-11-19)21-13(12)4-5-17-15/h4-7,10-11H,3,8-9H2,1-2H3. The lowest BCUT2D eigenvalue weighted by Crippen LogP contribution is -2.27. The van der Waals surface area contributed by atoms with Crippen molar-refractivity contribution in [1.29, 1.82) is 0 Å². The first-order chi connectivity index (χ1) is 10.3. The van der Waals surface area contributed by atoms with E-state index >= 15 is 0 Å². The predicted octanol–water partition coefficient (Wildman–Crippen LogP) is 2.49. The fourth-order valence-corrected chi connectivity index (χ4v) is 2.32. The average molecular weight is 286 g/mol. The highest BCUT2D eigenvalue weighted by atomic mass is 16.5.